The van der Waals surface area contributed by atoms with E-state index in [1.54, 1.807) is 29.4 Å². The van der Waals surface area contributed by atoms with Crippen LogP contribution in [0.15, 0.2) is 61.2 Å². The number of anilines is 2. The molecular formula is C31H35N7O5. The molecular weight excluding hydrogens is 550 g/mol. The Labute approximate surface area is 249 Å². The highest BCUT2D eigenvalue weighted by Gasteiger charge is 2.40. The summed E-state index contributed by atoms with van der Waals surface area (Å²) in [7, 11) is 0. The molecule has 3 aromatic rings. The van der Waals surface area contributed by atoms with Crippen molar-refractivity contribution in [3.05, 3.63) is 78.1 Å². The van der Waals surface area contributed by atoms with Crippen LogP contribution >= 0.6 is 0 Å². The molecule has 224 valence electrons. The minimum Gasteiger partial charge on any atom is -0.378 e. The van der Waals surface area contributed by atoms with Crippen LogP contribution in [0.5, 0.6) is 0 Å². The first-order chi connectivity index (χ1) is 21.1. The van der Waals surface area contributed by atoms with Crippen molar-refractivity contribution in [1.29, 1.82) is 0 Å². The Kier molecular flexibility index (Phi) is 7.56. The second kappa shape index (κ2) is 11.8. The minimum atomic E-state index is -0.493. The number of morpholine rings is 1. The number of carbonyl (C=O) groups excluding carboxylic acids is 2. The quantitative estimate of drug-likeness (QED) is 0.466. The van der Waals surface area contributed by atoms with Crippen LogP contribution in [0.1, 0.15) is 34.6 Å². The summed E-state index contributed by atoms with van der Waals surface area (Å²) in [6.07, 6.45) is 9.06. The molecule has 3 saturated heterocycles. The predicted molar refractivity (Wildman–Crippen MR) is 158 cm³/mol. The highest BCUT2D eigenvalue weighted by molar-refractivity contribution is 5.94. The van der Waals surface area contributed by atoms with Gasteiger partial charge in [0.05, 0.1) is 44.1 Å². The molecule has 4 aliphatic rings. The molecule has 1 N–H and O–H groups in total. The molecule has 0 radical (unpaired) electrons. The lowest BCUT2D eigenvalue weighted by molar-refractivity contribution is -0.187. The van der Waals surface area contributed by atoms with E-state index in [1.807, 2.05) is 40.1 Å². The average molecular weight is 586 g/mol. The summed E-state index contributed by atoms with van der Waals surface area (Å²) < 4.78 is 19.0. The third-order valence-corrected chi connectivity index (χ3v) is 8.41. The van der Waals surface area contributed by atoms with Crippen molar-refractivity contribution in [2.75, 3.05) is 62.8 Å². The largest absolute Gasteiger partial charge is 0.378 e. The number of imidazole rings is 1. The Bertz CT molecular complexity index is 1500. The number of piperidine rings is 1. The summed E-state index contributed by atoms with van der Waals surface area (Å²) in [5.74, 6) is 0.973. The zero-order valence-corrected chi connectivity index (χ0v) is 24.0. The monoisotopic (exact) mass is 585 g/mol. The summed E-state index contributed by atoms with van der Waals surface area (Å²) in [6.45, 7) is 5.40. The van der Waals surface area contributed by atoms with E-state index in [0.717, 1.165) is 22.8 Å². The number of fused-ring (bicyclic) bond motifs is 1. The van der Waals surface area contributed by atoms with E-state index in [9.17, 15) is 9.59 Å². The fraction of sp³-hybridized carbons (Fsp3) is 0.419. The third kappa shape index (κ3) is 5.85. The van der Waals surface area contributed by atoms with Gasteiger partial charge in [-0.15, -0.1) is 0 Å². The average Bonchev–Trinajstić information content (AvgIpc) is 3.72. The summed E-state index contributed by atoms with van der Waals surface area (Å²) in [4.78, 5) is 40.8. The van der Waals surface area contributed by atoms with Gasteiger partial charge in [0, 0.05) is 69.5 Å². The lowest BCUT2D eigenvalue weighted by Gasteiger charge is -2.37. The molecule has 1 aromatic carbocycles. The molecule has 43 heavy (non-hydrogen) atoms. The normalized spacial score (nSPS) is 19.7. The molecule has 3 fully saturated rings. The molecule has 2 amide bonds. The van der Waals surface area contributed by atoms with Gasteiger partial charge in [-0.2, -0.15) is 0 Å². The lowest BCUT2D eigenvalue weighted by atomic mass is 10.0. The topological polar surface area (TPSA) is 114 Å². The molecule has 0 atom stereocenters. The Balaban J connectivity index is 1.03. The van der Waals surface area contributed by atoms with Gasteiger partial charge in [-0.1, -0.05) is 12.1 Å². The number of nitrogens with one attached hydrogen (secondary N) is 1. The van der Waals surface area contributed by atoms with Gasteiger partial charge in [0.2, 0.25) is 5.91 Å². The minimum absolute atomic E-state index is 0.0413. The Hall–Kier alpha value is -4.26. The van der Waals surface area contributed by atoms with E-state index in [-0.39, 0.29) is 11.8 Å². The van der Waals surface area contributed by atoms with Crippen molar-refractivity contribution in [3.63, 3.8) is 0 Å². The summed E-state index contributed by atoms with van der Waals surface area (Å²) in [5, 5.41) is 3.38. The third-order valence-electron chi connectivity index (χ3n) is 8.41. The zero-order valence-electron chi connectivity index (χ0n) is 24.0. The van der Waals surface area contributed by atoms with E-state index in [1.165, 1.54) is 0 Å². The van der Waals surface area contributed by atoms with Crippen LogP contribution in [0.3, 0.4) is 0 Å². The van der Waals surface area contributed by atoms with Crippen molar-refractivity contribution in [2.45, 2.75) is 31.7 Å². The number of pyridine rings is 1. The number of hydrogen-bond acceptors (Lipinski definition) is 9. The molecule has 0 aliphatic carbocycles. The number of rotatable bonds is 6. The second-order valence-corrected chi connectivity index (χ2v) is 11.2. The number of nitrogens with zero attached hydrogens (tertiary/aromatic N) is 6. The van der Waals surface area contributed by atoms with Crippen LogP contribution in [-0.4, -0.2) is 94.5 Å². The number of aromatic nitrogens is 3. The van der Waals surface area contributed by atoms with Gasteiger partial charge in [-0.3, -0.25) is 9.59 Å². The van der Waals surface area contributed by atoms with Crippen LogP contribution in [0.4, 0.5) is 11.5 Å². The van der Waals surface area contributed by atoms with Crippen molar-refractivity contribution in [1.82, 2.24) is 24.3 Å². The number of amides is 2. The highest BCUT2D eigenvalue weighted by atomic mass is 16.7. The second-order valence-electron chi connectivity index (χ2n) is 11.2. The van der Waals surface area contributed by atoms with Crippen molar-refractivity contribution in [3.8, 4) is 0 Å². The van der Waals surface area contributed by atoms with Crippen LogP contribution in [0.2, 0.25) is 0 Å². The summed E-state index contributed by atoms with van der Waals surface area (Å²) in [6, 6.07) is 11.7. The Morgan fingerprint density at radius 2 is 1.74 bits per heavy atom. The molecule has 6 heterocycles. The zero-order chi connectivity index (χ0) is 29.2. The molecule has 0 unspecified atom stereocenters. The number of ether oxygens (including phenoxy) is 3. The van der Waals surface area contributed by atoms with Crippen LogP contribution in [0.25, 0.3) is 5.70 Å². The fourth-order valence-electron chi connectivity index (χ4n) is 6.03. The Morgan fingerprint density at radius 1 is 0.930 bits per heavy atom. The molecule has 1 spiro atoms. The molecule has 7 rings (SSSR count). The van der Waals surface area contributed by atoms with Crippen LogP contribution in [0, 0.1) is 0 Å². The molecule has 2 aromatic heterocycles. The number of likely N-dealkylation sites (tertiary alicyclic amines) is 1. The summed E-state index contributed by atoms with van der Waals surface area (Å²) >= 11 is 0. The van der Waals surface area contributed by atoms with Gasteiger partial charge in [0.15, 0.2) is 11.6 Å². The van der Waals surface area contributed by atoms with Crippen molar-refractivity contribution in [2.24, 2.45) is 0 Å². The van der Waals surface area contributed by atoms with Crippen molar-refractivity contribution < 1.29 is 23.8 Å². The first kappa shape index (κ1) is 27.6. The van der Waals surface area contributed by atoms with Crippen LogP contribution < -0.4 is 10.2 Å². The van der Waals surface area contributed by atoms with Gasteiger partial charge in [0.25, 0.3) is 5.91 Å². The molecule has 12 nitrogen and oxygen atoms in total. The number of benzene rings is 1. The number of hydrogen-bond donors (Lipinski definition) is 1. The van der Waals surface area contributed by atoms with Gasteiger partial charge in [-0.05, 0) is 29.8 Å². The standard InChI is InChI=1S/C31H35N7O5/c39-28(35-9-6-31(7-10-35)42-16-17-43-31)19-23-2-1-3-25(18-23)38-21-26(29-32-8-11-37(29)22-38)34-27-5-4-24(20-33-27)30(40)36-12-14-41-15-13-36/h1-5,8,11,18,20-21H,6-7,9-10,12-17,19,22H2,(H,33,34). The number of carbonyl (C=O) groups is 2. The van der Waals surface area contributed by atoms with Crippen molar-refractivity contribution >= 4 is 29.0 Å². The van der Waals surface area contributed by atoms with Gasteiger partial charge in [-0.25, -0.2) is 9.97 Å². The van der Waals surface area contributed by atoms with Gasteiger partial charge < -0.3 is 38.8 Å². The van der Waals surface area contributed by atoms with Gasteiger partial charge >= 0.3 is 0 Å². The highest BCUT2D eigenvalue weighted by Crippen LogP contribution is 2.32. The lowest BCUT2D eigenvalue weighted by Crippen LogP contribution is -2.47. The van der Waals surface area contributed by atoms with Gasteiger partial charge in [0.1, 0.15) is 12.5 Å². The van der Waals surface area contributed by atoms with E-state index < -0.39 is 5.79 Å². The van der Waals surface area contributed by atoms with E-state index >= 15 is 0 Å². The van der Waals surface area contributed by atoms with E-state index in [2.05, 4.69) is 26.3 Å². The fourth-order valence-corrected chi connectivity index (χ4v) is 6.03. The molecule has 0 saturated carbocycles. The summed E-state index contributed by atoms with van der Waals surface area (Å²) in [5.41, 5.74) is 3.24. The predicted octanol–water partition coefficient (Wildman–Crippen LogP) is 2.55. The van der Waals surface area contributed by atoms with E-state index in [0.29, 0.717) is 89.9 Å². The SMILES string of the molecule is O=C(Cc1cccc(N2C=C(Nc3ccc(C(=O)N4CCOCC4)cn3)c3nccn3C2)c1)N1CCC2(CC1)OCCO2. The first-order valence-corrected chi connectivity index (χ1v) is 14.8. The maximum Gasteiger partial charge on any atom is 0.255 e. The first-order valence-electron chi connectivity index (χ1n) is 14.8. The van der Waals surface area contributed by atoms with E-state index in [4.69, 9.17) is 14.2 Å². The maximum absolute atomic E-state index is 13.2. The maximum atomic E-state index is 13.2. The Morgan fingerprint density at radius 3 is 2.51 bits per heavy atom. The smallest absolute Gasteiger partial charge is 0.255 e. The van der Waals surface area contributed by atoms with Crippen LogP contribution in [-0.2, 0) is 32.1 Å². The molecule has 0 bridgehead atoms. The molecule has 4 aliphatic heterocycles. The molecule has 12 heteroatoms.